The maximum atomic E-state index is 12.1. The van der Waals surface area contributed by atoms with Gasteiger partial charge in [-0.1, -0.05) is 19.3 Å². The first-order valence-corrected chi connectivity index (χ1v) is 8.39. The molecule has 0 amide bonds. The van der Waals surface area contributed by atoms with E-state index in [4.69, 9.17) is 0 Å². The second kappa shape index (κ2) is 9.67. The molecule has 1 N–H and O–H groups in total. The van der Waals surface area contributed by atoms with Crippen molar-refractivity contribution >= 4 is 0 Å². The highest BCUT2D eigenvalue weighted by Gasteiger charge is 2.26. The van der Waals surface area contributed by atoms with Crippen LogP contribution in [-0.4, -0.2) is 43.3 Å². The van der Waals surface area contributed by atoms with Gasteiger partial charge in [-0.05, 0) is 59.2 Å². The fourth-order valence-electron chi connectivity index (χ4n) is 3.09. The zero-order valence-corrected chi connectivity index (χ0v) is 13.5. The first kappa shape index (κ1) is 18.8. The van der Waals surface area contributed by atoms with Crippen molar-refractivity contribution in [1.29, 1.82) is 0 Å². The zero-order valence-electron chi connectivity index (χ0n) is 13.5. The summed E-state index contributed by atoms with van der Waals surface area (Å²) in [6.45, 7) is 3.94. The molecule has 21 heavy (non-hydrogen) atoms. The number of hydrogen-bond donors (Lipinski definition) is 1. The predicted octanol–water partition coefficient (Wildman–Crippen LogP) is 4.35. The molecule has 0 radical (unpaired) electrons. The maximum absolute atomic E-state index is 12.1. The average Bonchev–Trinajstić information content (AvgIpc) is 2.43. The van der Waals surface area contributed by atoms with Gasteiger partial charge in [-0.25, -0.2) is 0 Å². The molecule has 0 saturated heterocycles. The van der Waals surface area contributed by atoms with Gasteiger partial charge in [-0.15, -0.1) is 0 Å². The molecule has 1 aliphatic rings. The minimum atomic E-state index is -4.01. The van der Waals surface area contributed by atoms with Crippen LogP contribution < -0.4 is 5.32 Å². The van der Waals surface area contributed by atoms with Gasteiger partial charge in [0, 0.05) is 18.5 Å². The SMILES string of the molecule is CC(CCCC(F)(F)F)NCCCN(C)C1CCCCC1. The predicted molar refractivity (Wildman–Crippen MR) is 81.5 cm³/mol. The quantitative estimate of drug-likeness (QED) is 0.637. The lowest BCUT2D eigenvalue weighted by Gasteiger charge is -2.31. The Kier molecular flexibility index (Phi) is 8.64. The van der Waals surface area contributed by atoms with E-state index < -0.39 is 12.6 Å². The lowest BCUT2D eigenvalue weighted by molar-refractivity contribution is -0.135. The maximum Gasteiger partial charge on any atom is 0.389 e. The third-order valence-corrected chi connectivity index (χ3v) is 4.48. The normalized spacial score (nSPS) is 19.1. The minimum Gasteiger partial charge on any atom is -0.314 e. The summed E-state index contributed by atoms with van der Waals surface area (Å²) < 4.78 is 36.2. The van der Waals surface area contributed by atoms with Gasteiger partial charge in [0.05, 0.1) is 0 Å². The topological polar surface area (TPSA) is 15.3 Å². The van der Waals surface area contributed by atoms with E-state index in [-0.39, 0.29) is 12.5 Å². The van der Waals surface area contributed by atoms with Crippen molar-refractivity contribution in [3.05, 3.63) is 0 Å². The summed E-state index contributed by atoms with van der Waals surface area (Å²) in [5, 5.41) is 3.33. The number of rotatable bonds is 9. The summed E-state index contributed by atoms with van der Waals surface area (Å²) in [6, 6.07) is 0.912. The molecule has 0 aromatic rings. The fraction of sp³-hybridized carbons (Fsp3) is 1.00. The second-order valence-electron chi connectivity index (χ2n) is 6.49. The lowest BCUT2D eigenvalue weighted by Crippen LogP contribution is -2.36. The smallest absolute Gasteiger partial charge is 0.314 e. The number of halogens is 3. The molecule has 1 saturated carbocycles. The average molecular weight is 308 g/mol. The second-order valence-corrected chi connectivity index (χ2v) is 6.49. The molecule has 1 atom stereocenters. The lowest BCUT2D eigenvalue weighted by atomic mass is 9.94. The Balaban J connectivity index is 1.99. The number of nitrogens with one attached hydrogen (secondary N) is 1. The minimum absolute atomic E-state index is 0.173. The molecule has 2 nitrogen and oxygen atoms in total. The molecular weight excluding hydrogens is 277 g/mol. The summed E-state index contributed by atoms with van der Waals surface area (Å²) in [5.74, 6) is 0. The molecule has 1 aliphatic carbocycles. The van der Waals surface area contributed by atoms with Crippen LogP contribution in [0.2, 0.25) is 0 Å². The van der Waals surface area contributed by atoms with Gasteiger partial charge >= 0.3 is 6.18 Å². The molecule has 1 rings (SSSR count). The van der Waals surface area contributed by atoms with Crippen LogP contribution in [-0.2, 0) is 0 Å². The van der Waals surface area contributed by atoms with Crippen molar-refractivity contribution < 1.29 is 13.2 Å². The first-order valence-electron chi connectivity index (χ1n) is 8.39. The number of hydrogen-bond acceptors (Lipinski definition) is 2. The Morgan fingerprint density at radius 2 is 1.81 bits per heavy atom. The third kappa shape index (κ3) is 9.35. The van der Waals surface area contributed by atoms with Crippen molar-refractivity contribution in [1.82, 2.24) is 10.2 Å². The summed E-state index contributed by atoms with van der Waals surface area (Å²) in [6.07, 6.45) is 3.92. The standard InChI is InChI=1S/C16H31F3N2/c1-14(8-6-11-16(17,18)19)20-12-7-13-21(2)15-9-4-3-5-10-15/h14-15,20H,3-13H2,1-2H3. The number of nitrogens with zero attached hydrogens (tertiary/aromatic N) is 1. The Labute approximate surface area is 127 Å². The Hall–Kier alpha value is -0.290. The van der Waals surface area contributed by atoms with Crippen molar-refractivity contribution in [3.8, 4) is 0 Å². The highest BCUT2D eigenvalue weighted by molar-refractivity contribution is 4.73. The molecule has 0 bridgehead atoms. The summed E-state index contributed by atoms with van der Waals surface area (Å²) >= 11 is 0. The van der Waals surface area contributed by atoms with Crippen molar-refractivity contribution in [3.63, 3.8) is 0 Å². The Bertz CT molecular complexity index is 263. The van der Waals surface area contributed by atoms with Gasteiger partial charge in [0.1, 0.15) is 0 Å². The third-order valence-electron chi connectivity index (χ3n) is 4.48. The Morgan fingerprint density at radius 3 is 2.43 bits per heavy atom. The molecule has 126 valence electrons. The van der Waals surface area contributed by atoms with Gasteiger partial charge in [0.25, 0.3) is 0 Å². The van der Waals surface area contributed by atoms with E-state index in [1.165, 1.54) is 32.1 Å². The molecule has 0 heterocycles. The van der Waals surface area contributed by atoms with E-state index >= 15 is 0 Å². The van der Waals surface area contributed by atoms with Gasteiger partial charge in [-0.3, -0.25) is 0 Å². The van der Waals surface area contributed by atoms with Crippen LogP contribution in [0.3, 0.4) is 0 Å². The zero-order chi connectivity index (χ0) is 15.7. The largest absolute Gasteiger partial charge is 0.389 e. The Morgan fingerprint density at radius 1 is 1.14 bits per heavy atom. The fourth-order valence-corrected chi connectivity index (χ4v) is 3.09. The molecule has 0 spiro atoms. The van der Waals surface area contributed by atoms with Crippen LogP contribution in [0.4, 0.5) is 13.2 Å². The molecule has 0 aromatic carbocycles. The van der Waals surface area contributed by atoms with Crippen LogP contribution in [0.5, 0.6) is 0 Å². The van der Waals surface area contributed by atoms with Crippen LogP contribution in [0.1, 0.15) is 64.7 Å². The molecule has 5 heteroatoms. The summed E-state index contributed by atoms with van der Waals surface area (Å²) in [4.78, 5) is 2.45. The van der Waals surface area contributed by atoms with E-state index in [0.717, 1.165) is 25.6 Å². The molecular formula is C16H31F3N2. The summed E-state index contributed by atoms with van der Waals surface area (Å²) in [7, 11) is 2.20. The van der Waals surface area contributed by atoms with Crippen LogP contribution in [0.25, 0.3) is 0 Å². The highest BCUT2D eigenvalue weighted by atomic mass is 19.4. The van der Waals surface area contributed by atoms with E-state index in [2.05, 4.69) is 17.3 Å². The van der Waals surface area contributed by atoms with E-state index in [9.17, 15) is 13.2 Å². The van der Waals surface area contributed by atoms with E-state index in [0.29, 0.717) is 6.42 Å². The van der Waals surface area contributed by atoms with Crippen LogP contribution >= 0.6 is 0 Å². The van der Waals surface area contributed by atoms with E-state index in [1.54, 1.807) is 0 Å². The number of alkyl halides is 3. The summed E-state index contributed by atoms with van der Waals surface area (Å²) in [5.41, 5.74) is 0. The van der Waals surface area contributed by atoms with Gasteiger partial charge in [0.2, 0.25) is 0 Å². The van der Waals surface area contributed by atoms with Crippen LogP contribution in [0.15, 0.2) is 0 Å². The van der Waals surface area contributed by atoms with Crippen LogP contribution in [0, 0.1) is 0 Å². The van der Waals surface area contributed by atoms with Crippen molar-refractivity contribution in [2.24, 2.45) is 0 Å². The van der Waals surface area contributed by atoms with Crippen molar-refractivity contribution in [2.45, 2.75) is 83.0 Å². The molecule has 0 aliphatic heterocycles. The highest BCUT2D eigenvalue weighted by Crippen LogP contribution is 2.23. The molecule has 1 fully saturated rings. The van der Waals surface area contributed by atoms with Gasteiger partial charge in [0.15, 0.2) is 0 Å². The molecule has 0 aromatic heterocycles. The first-order chi connectivity index (χ1) is 9.88. The van der Waals surface area contributed by atoms with E-state index in [1.807, 2.05) is 6.92 Å². The monoisotopic (exact) mass is 308 g/mol. The van der Waals surface area contributed by atoms with Gasteiger partial charge < -0.3 is 10.2 Å². The van der Waals surface area contributed by atoms with Gasteiger partial charge in [-0.2, -0.15) is 13.2 Å². The molecule has 1 unspecified atom stereocenters. The van der Waals surface area contributed by atoms with Crippen molar-refractivity contribution in [2.75, 3.05) is 20.1 Å².